The van der Waals surface area contributed by atoms with Crippen LogP contribution in [0.25, 0.3) is 0 Å². The van der Waals surface area contributed by atoms with Gasteiger partial charge in [0, 0.05) is 12.8 Å². The van der Waals surface area contributed by atoms with Crippen LogP contribution in [0.3, 0.4) is 0 Å². The maximum Gasteiger partial charge on any atom is 0.469 e. The van der Waals surface area contributed by atoms with E-state index in [1.165, 1.54) is 116 Å². The number of phosphoric acid groups is 1. The first-order chi connectivity index (χ1) is 27.5. The molecule has 0 aliphatic rings. The molecule has 0 bridgehead atoms. The molecule has 2 atom stereocenters. The number of esters is 2. The summed E-state index contributed by atoms with van der Waals surface area (Å²) in [6.45, 7) is 5.87. The van der Waals surface area contributed by atoms with Gasteiger partial charge in [0.05, 0.1) is 12.7 Å². The van der Waals surface area contributed by atoms with Gasteiger partial charge >= 0.3 is 19.8 Å². The second-order valence-corrected chi connectivity index (χ2v) is 17.3. The van der Waals surface area contributed by atoms with Crippen LogP contribution in [0.1, 0.15) is 207 Å². The topological polar surface area (TPSA) is 140 Å². The fourth-order valence-electron chi connectivity index (χ4n) is 6.43. The SMILES string of the molecule is CCCCC/C=C\C/C=C\C/C=C\C=C\[C@H](O)CCCC(=O)O[C@H](COC(=O)CCCCCCCCCCCCCCCCCCCCC(C)C)COP(=O)(O)O. The van der Waals surface area contributed by atoms with Gasteiger partial charge in [0.2, 0.25) is 0 Å². The Balaban J connectivity index is 4.01. The van der Waals surface area contributed by atoms with Gasteiger partial charge in [-0.15, -0.1) is 0 Å². The van der Waals surface area contributed by atoms with Crippen molar-refractivity contribution in [3.63, 3.8) is 0 Å². The normalized spacial score (nSPS) is 13.5. The molecule has 0 radical (unpaired) electrons. The monoisotopic (exact) mass is 825 g/mol. The van der Waals surface area contributed by atoms with Crippen molar-refractivity contribution in [2.24, 2.45) is 5.92 Å². The van der Waals surface area contributed by atoms with Crippen LogP contribution in [0.15, 0.2) is 48.6 Å². The summed E-state index contributed by atoms with van der Waals surface area (Å²) in [7, 11) is -4.81. The Morgan fingerprint density at radius 2 is 1.09 bits per heavy atom. The van der Waals surface area contributed by atoms with Crippen LogP contribution in [0.4, 0.5) is 0 Å². The lowest BCUT2D eigenvalue weighted by Gasteiger charge is -2.18. The van der Waals surface area contributed by atoms with Crippen molar-refractivity contribution in [2.75, 3.05) is 13.2 Å². The standard InChI is InChI=1S/C47H85O9P/c1-4-5-6-7-8-9-10-17-21-24-27-30-33-37-44(48)38-35-40-47(50)56-45(42-55-57(51,52)53)41-54-46(49)39-34-31-28-25-22-19-16-14-12-11-13-15-18-20-23-26-29-32-36-43(2)3/h8-9,17,21,27,30,33,37,43-45,48H,4-7,10-16,18-20,22-26,28-29,31-32,34-36,38-42H2,1-3H3,(H2,51,52,53)/b9-8-,21-17-,30-27-,37-33+/t44-,45+/m0/s1. The van der Waals surface area contributed by atoms with Gasteiger partial charge in [0.25, 0.3) is 0 Å². The Morgan fingerprint density at radius 1 is 0.579 bits per heavy atom. The molecule has 0 aliphatic carbocycles. The predicted molar refractivity (Wildman–Crippen MR) is 236 cm³/mol. The molecule has 0 aromatic rings. The van der Waals surface area contributed by atoms with Crippen molar-refractivity contribution in [1.82, 2.24) is 0 Å². The van der Waals surface area contributed by atoms with Crippen molar-refractivity contribution < 1.29 is 43.0 Å². The van der Waals surface area contributed by atoms with E-state index in [0.717, 1.165) is 44.4 Å². The van der Waals surface area contributed by atoms with Crippen LogP contribution in [-0.2, 0) is 28.2 Å². The van der Waals surface area contributed by atoms with Crippen LogP contribution >= 0.6 is 7.82 Å². The molecule has 3 N–H and O–H groups in total. The van der Waals surface area contributed by atoms with Crippen LogP contribution in [0.2, 0.25) is 0 Å². The number of hydrogen-bond donors (Lipinski definition) is 3. The molecule has 0 spiro atoms. The molecule has 10 heteroatoms. The van der Waals surface area contributed by atoms with E-state index in [9.17, 15) is 19.3 Å². The summed E-state index contributed by atoms with van der Waals surface area (Å²) >= 11 is 0. The van der Waals surface area contributed by atoms with Gasteiger partial charge in [-0.2, -0.15) is 0 Å². The Morgan fingerprint density at radius 3 is 1.63 bits per heavy atom. The molecule has 9 nitrogen and oxygen atoms in total. The first-order valence-electron chi connectivity index (χ1n) is 22.9. The molecule has 0 aliphatic heterocycles. The van der Waals surface area contributed by atoms with Gasteiger partial charge < -0.3 is 24.4 Å². The van der Waals surface area contributed by atoms with Gasteiger partial charge in [-0.1, -0.05) is 198 Å². The molecule has 0 saturated carbocycles. The summed E-state index contributed by atoms with van der Waals surface area (Å²) in [5, 5.41) is 10.2. The molecule has 332 valence electrons. The predicted octanol–water partition coefficient (Wildman–Crippen LogP) is 13.1. The lowest BCUT2D eigenvalue weighted by Crippen LogP contribution is -2.29. The highest BCUT2D eigenvalue weighted by atomic mass is 31.2. The summed E-state index contributed by atoms with van der Waals surface area (Å²) in [5.41, 5.74) is 0. The minimum atomic E-state index is -4.81. The maximum absolute atomic E-state index is 12.4. The first kappa shape index (κ1) is 55.0. The van der Waals surface area contributed by atoms with Crippen molar-refractivity contribution in [3.8, 4) is 0 Å². The largest absolute Gasteiger partial charge is 0.469 e. The average molecular weight is 825 g/mol. The zero-order chi connectivity index (χ0) is 42.1. The third-order valence-electron chi connectivity index (χ3n) is 9.88. The zero-order valence-electron chi connectivity index (χ0n) is 36.5. The quantitative estimate of drug-likeness (QED) is 0.0181. The lowest BCUT2D eigenvalue weighted by atomic mass is 10.0. The van der Waals surface area contributed by atoms with E-state index < -0.39 is 38.6 Å². The molecule has 0 aromatic heterocycles. The van der Waals surface area contributed by atoms with Crippen molar-refractivity contribution >= 4 is 19.8 Å². The van der Waals surface area contributed by atoms with Gasteiger partial charge in [0.15, 0.2) is 6.10 Å². The number of ether oxygens (including phenoxy) is 2. The molecule has 0 rings (SSSR count). The minimum absolute atomic E-state index is 0.0159. The van der Waals surface area contributed by atoms with Crippen molar-refractivity contribution in [3.05, 3.63) is 48.6 Å². The van der Waals surface area contributed by atoms with Crippen molar-refractivity contribution in [1.29, 1.82) is 0 Å². The molecule has 0 saturated heterocycles. The first-order valence-corrected chi connectivity index (χ1v) is 24.4. The number of hydrogen-bond acceptors (Lipinski definition) is 7. The number of aliphatic hydroxyl groups excluding tert-OH is 1. The number of aliphatic hydroxyl groups is 1. The molecule has 0 aromatic carbocycles. The average Bonchev–Trinajstić information content (AvgIpc) is 3.16. The van der Waals surface area contributed by atoms with Crippen LogP contribution in [0, 0.1) is 5.92 Å². The Labute approximate surface area is 348 Å². The smallest absolute Gasteiger partial charge is 0.462 e. The van der Waals surface area contributed by atoms with E-state index in [1.54, 1.807) is 12.2 Å². The Bertz CT molecular complexity index is 1090. The number of carbonyl (C=O) groups is 2. The molecular weight excluding hydrogens is 739 g/mol. The summed E-state index contributed by atoms with van der Waals surface area (Å²) < 4.78 is 26.3. The molecule has 0 fully saturated rings. The summed E-state index contributed by atoms with van der Waals surface area (Å²) in [4.78, 5) is 43.0. The number of phosphoric ester groups is 1. The third kappa shape index (κ3) is 44.9. The highest BCUT2D eigenvalue weighted by Gasteiger charge is 2.23. The number of unbranched alkanes of at least 4 members (excludes halogenated alkanes) is 20. The van der Waals surface area contributed by atoms with E-state index in [4.69, 9.17) is 19.3 Å². The highest BCUT2D eigenvalue weighted by molar-refractivity contribution is 7.46. The number of carbonyl (C=O) groups excluding carboxylic acids is 2. The lowest BCUT2D eigenvalue weighted by molar-refractivity contribution is -0.161. The second kappa shape index (κ2) is 40.7. The van der Waals surface area contributed by atoms with E-state index in [2.05, 4.69) is 49.6 Å². The Hall–Kier alpha value is -2.03. The molecule has 0 unspecified atom stereocenters. The second-order valence-electron chi connectivity index (χ2n) is 16.1. The van der Waals surface area contributed by atoms with E-state index in [1.807, 2.05) is 12.2 Å². The minimum Gasteiger partial charge on any atom is -0.462 e. The van der Waals surface area contributed by atoms with E-state index in [-0.39, 0.29) is 19.4 Å². The summed E-state index contributed by atoms with van der Waals surface area (Å²) in [5.74, 6) is -0.238. The van der Waals surface area contributed by atoms with Gasteiger partial charge in [0.1, 0.15) is 6.61 Å². The van der Waals surface area contributed by atoms with Crippen LogP contribution in [-0.4, -0.2) is 52.3 Å². The third-order valence-corrected chi connectivity index (χ3v) is 10.4. The number of allylic oxidation sites excluding steroid dienone is 7. The summed E-state index contributed by atoms with van der Waals surface area (Å²) in [6, 6.07) is 0. The van der Waals surface area contributed by atoms with Gasteiger partial charge in [-0.05, 0) is 50.9 Å². The molecule has 57 heavy (non-hydrogen) atoms. The summed E-state index contributed by atoms with van der Waals surface area (Å²) in [6.07, 6.45) is 45.8. The highest BCUT2D eigenvalue weighted by Crippen LogP contribution is 2.36. The molecule has 0 amide bonds. The fraction of sp³-hybridized carbons (Fsp3) is 0.787. The van der Waals surface area contributed by atoms with Crippen LogP contribution < -0.4 is 0 Å². The fourth-order valence-corrected chi connectivity index (χ4v) is 6.79. The molecule has 0 heterocycles. The van der Waals surface area contributed by atoms with E-state index in [0.29, 0.717) is 19.3 Å². The van der Waals surface area contributed by atoms with Crippen LogP contribution in [0.5, 0.6) is 0 Å². The number of rotatable bonds is 41. The van der Waals surface area contributed by atoms with Gasteiger partial charge in [-0.25, -0.2) is 4.57 Å². The van der Waals surface area contributed by atoms with Crippen molar-refractivity contribution in [2.45, 2.75) is 219 Å². The molecular formula is C47H85O9P. The Kier molecular flexibility index (Phi) is 39.3. The van der Waals surface area contributed by atoms with E-state index >= 15 is 0 Å². The maximum atomic E-state index is 12.4. The van der Waals surface area contributed by atoms with Gasteiger partial charge in [-0.3, -0.25) is 14.1 Å². The zero-order valence-corrected chi connectivity index (χ0v) is 37.4.